The van der Waals surface area contributed by atoms with Crippen molar-refractivity contribution in [1.82, 2.24) is 0 Å². The van der Waals surface area contributed by atoms with Crippen LogP contribution in [0.4, 0.5) is 0 Å². The van der Waals surface area contributed by atoms with Crippen LogP contribution >= 0.6 is 0 Å². The Kier molecular flexibility index (Phi) is 6.32. The van der Waals surface area contributed by atoms with E-state index in [-0.39, 0.29) is 16.0 Å². The van der Waals surface area contributed by atoms with Gasteiger partial charge in [-0.1, -0.05) is 81.0 Å². The second-order valence-electron chi connectivity index (χ2n) is 8.86. The summed E-state index contributed by atoms with van der Waals surface area (Å²) in [6.07, 6.45) is 1.40. The predicted molar refractivity (Wildman–Crippen MR) is 97.0 cm³/mol. The van der Waals surface area contributed by atoms with Crippen molar-refractivity contribution in [2.75, 3.05) is 0 Å². The lowest BCUT2D eigenvalue weighted by Gasteiger charge is -2.43. The molecule has 122 valence electrons. The fourth-order valence-corrected chi connectivity index (χ4v) is 4.96. The van der Waals surface area contributed by atoms with Crippen molar-refractivity contribution in [3.63, 3.8) is 0 Å². The molecular weight excluding hydrogens is 278 g/mol. The summed E-state index contributed by atoms with van der Waals surface area (Å²) >= 11 is 0. The first-order chi connectivity index (χ1) is 9.04. The van der Waals surface area contributed by atoms with Crippen molar-refractivity contribution in [3.05, 3.63) is 0 Å². The maximum absolute atomic E-state index is 13.1. The Labute approximate surface area is 135 Å². The van der Waals surface area contributed by atoms with E-state index in [1.165, 1.54) is 0 Å². The second kappa shape index (κ2) is 6.29. The summed E-state index contributed by atoms with van der Waals surface area (Å²) in [5, 5.41) is -0.468. The van der Waals surface area contributed by atoms with Crippen molar-refractivity contribution in [1.29, 1.82) is 0 Å². The minimum absolute atomic E-state index is 0.0921. The first-order valence-corrected chi connectivity index (χ1v) is 9.56. The van der Waals surface area contributed by atoms with Crippen molar-refractivity contribution < 1.29 is 8.42 Å². The van der Waals surface area contributed by atoms with Crippen LogP contribution in [-0.4, -0.2) is 26.9 Å². The molecule has 0 spiro atoms. The van der Waals surface area contributed by atoms with Gasteiger partial charge in [0.2, 0.25) is 0 Å². The first-order valence-electron chi connectivity index (χ1n) is 8.01. The summed E-state index contributed by atoms with van der Waals surface area (Å²) < 4.78 is 25.4. The molecule has 5 heteroatoms. The van der Waals surface area contributed by atoms with Crippen LogP contribution in [0.1, 0.15) is 82.1 Å². The molecule has 2 nitrogen and oxygen atoms in total. The SMILES string of the molecule is CCC(C)([B]S(=O)(=O)C(C)([B]C(C)(C)C)CC)C(C)(C)C. The summed E-state index contributed by atoms with van der Waals surface area (Å²) in [5.41, 5.74) is -0.0921. The Bertz CT molecular complexity index is 446. The molecule has 21 heavy (non-hydrogen) atoms. The first kappa shape index (κ1) is 21.1. The third-order valence-corrected chi connectivity index (χ3v) is 7.49. The zero-order valence-corrected chi connectivity index (χ0v) is 16.6. The van der Waals surface area contributed by atoms with E-state index in [1.807, 2.05) is 21.1 Å². The van der Waals surface area contributed by atoms with E-state index in [0.29, 0.717) is 6.42 Å². The molecule has 2 unspecified atom stereocenters. The maximum atomic E-state index is 13.1. The van der Waals surface area contributed by atoms with Gasteiger partial charge in [0.15, 0.2) is 0 Å². The highest BCUT2D eigenvalue weighted by atomic mass is 32.2. The van der Waals surface area contributed by atoms with Gasteiger partial charge < -0.3 is 0 Å². The van der Waals surface area contributed by atoms with Gasteiger partial charge in [-0.05, 0) is 17.2 Å². The van der Waals surface area contributed by atoms with Gasteiger partial charge in [0.05, 0.1) is 9.69 Å². The summed E-state index contributed by atoms with van der Waals surface area (Å²) in [6, 6.07) is 0. The molecule has 0 aromatic carbocycles. The van der Waals surface area contributed by atoms with E-state index in [0.717, 1.165) is 6.42 Å². The Morgan fingerprint density at radius 3 is 1.48 bits per heavy atom. The highest BCUT2D eigenvalue weighted by molar-refractivity contribution is 8.17. The van der Waals surface area contributed by atoms with Gasteiger partial charge in [0.1, 0.15) is 7.28 Å². The number of rotatable bonds is 6. The van der Waals surface area contributed by atoms with Crippen LogP contribution in [0.5, 0.6) is 0 Å². The lowest BCUT2D eigenvalue weighted by molar-refractivity contribution is 0.272. The molecule has 2 radical (unpaired) electrons. The quantitative estimate of drug-likeness (QED) is 0.666. The molecule has 0 fully saturated rings. The summed E-state index contributed by atoms with van der Waals surface area (Å²) in [5.74, 6) is 0. The molecular formula is C16H34B2O2S. The molecule has 0 bridgehead atoms. The largest absolute Gasteiger partial charge is 0.286 e. The third-order valence-electron chi connectivity index (χ3n) is 4.95. The molecule has 0 aliphatic heterocycles. The van der Waals surface area contributed by atoms with Gasteiger partial charge in [0, 0.05) is 4.65 Å². The van der Waals surface area contributed by atoms with Crippen LogP contribution in [0.2, 0.25) is 10.6 Å². The highest BCUT2D eigenvalue weighted by Crippen LogP contribution is 2.49. The Morgan fingerprint density at radius 1 is 0.810 bits per heavy atom. The van der Waals surface area contributed by atoms with Gasteiger partial charge in [-0.2, -0.15) is 0 Å². The van der Waals surface area contributed by atoms with E-state index in [2.05, 4.69) is 55.4 Å². The monoisotopic (exact) mass is 312 g/mol. The summed E-state index contributed by atoms with van der Waals surface area (Å²) in [4.78, 5) is 0. The Hall–Kier alpha value is 0.0799. The molecule has 0 amide bonds. The fraction of sp³-hybridized carbons (Fsp3) is 1.00. The number of hydrogen-bond acceptors (Lipinski definition) is 2. The maximum Gasteiger partial charge on any atom is 0.286 e. The standard InChI is InChI=1S/C16H34B2O2S/c1-11-15(9,13(3,4)5)18-21(19,20)16(10,12-2)17-14(6,7)8/h11-12H2,1-10H3. The van der Waals surface area contributed by atoms with Crippen molar-refractivity contribution in [3.8, 4) is 0 Å². The van der Waals surface area contributed by atoms with E-state index in [1.54, 1.807) is 6.56 Å². The molecule has 0 N–H and O–H groups in total. The van der Waals surface area contributed by atoms with Crippen molar-refractivity contribution >= 4 is 23.5 Å². The van der Waals surface area contributed by atoms with E-state index in [4.69, 9.17) is 0 Å². The van der Waals surface area contributed by atoms with Gasteiger partial charge in [-0.3, -0.25) is 0 Å². The topological polar surface area (TPSA) is 34.1 Å². The molecule has 0 aromatic rings. The zero-order chi connectivity index (χ0) is 17.3. The molecule has 0 saturated carbocycles. The van der Waals surface area contributed by atoms with Crippen LogP contribution in [0.15, 0.2) is 0 Å². The van der Waals surface area contributed by atoms with Crippen LogP contribution in [-0.2, 0) is 9.69 Å². The average molecular weight is 312 g/mol. The van der Waals surface area contributed by atoms with E-state index in [9.17, 15) is 8.42 Å². The molecule has 0 rings (SSSR count). The Morgan fingerprint density at radius 2 is 1.24 bits per heavy atom. The fourth-order valence-electron chi connectivity index (χ4n) is 2.57. The predicted octanol–water partition coefficient (Wildman–Crippen LogP) is 4.70. The van der Waals surface area contributed by atoms with Gasteiger partial charge in [0.25, 0.3) is 6.56 Å². The van der Waals surface area contributed by atoms with Crippen molar-refractivity contribution in [2.24, 2.45) is 5.41 Å². The number of hydrogen-bond donors (Lipinski definition) is 0. The van der Waals surface area contributed by atoms with Crippen LogP contribution in [0.3, 0.4) is 0 Å². The molecule has 0 aliphatic rings. The molecule has 2 atom stereocenters. The normalized spacial score (nSPS) is 19.5. The Balaban J connectivity index is 5.65. The molecule has 0 aromatic heterocycles. The minimum atomic E-state index is -3.34. The third kappa shape index (κ3) is 5.04. The zero-order valence-electron chi connectivity index (χ0n) is 15.8. The van der Waals surface area contributed by atoms with Crippen molar-refractivity contribution in [2.45, 2.75) is 97.4 Å². The van der Waals surface area contributed by atoms with Crippen LogP contribution in [0, 0.1) is 5.41 Å². The van der Waals surface area contributed by atoms with Crippen LogP contribution in [0.25, 0.3) is 0 Å². The summed E-state index contributed by atoms with van der Waals surface area (Å²) in [6.45, 7) is 22.0. The smallest absolute Gasteiger partial charge is 0.242 e. The highest BCUT2D eigenvalue weighted by Gasteiger charge is 2.48. The van der Waals surface area contributed by atoms with Crippen LogP contribution < -0.4 is 0 Å². The summed E-state index contributed by atoms with van der Waals surface area (Å²) in [7, 11) is -1.35. The molecule has 0 heterocycles. The van der Waals surface area contributed by atoms with E-state index < -0.39 is 14.3 Å². The average Bonchev–Trinajstić information content (AvgIpc) is 2.24. The minimum Gasteiger partial charge on any atom is -0.242 e. The van der Waals surface area contributed by atoms with Gasteiger partial charge in [-0.15, -0.1) is 0 Å². The molecule has 0 saturated heterocycles. The lowest BCUT2D eigenvalue weighted by Crippen LogP contribution is -2.50. The van der Waals surface area contributed by atoms with Gasteiger partial charge >= 0.3 is 0 Å². The molecule has 0 aliphatic carbocycles. The lowest BCUT2D eigenvalue weighted by atomic mass is 9.47. The van der Waals surface area contributed by atoms with E-state index >= 15 is 0 Å². The van der Waals surface area contributed by atoms with Gasteiger partial charge in [-0.25, -0.2) is 8.42 Å². The second-order valence-corrected chi connectivity index (χ2v) is 11.1.